The van der Waals surface area contributed by atoms with Crippen molar-refractivity contribution in [3.8, 4) is 0 Å². The summed E-state index contributed by atoms with van der Waals surface area (Å²) in [6, 6.07) is 7.35. The van der Waals surface area contributed by atoms with Crippen LogP contribution >= 0.6 is 0 Å². The molecule has 31 heavy (non-hydrogen) atoms. The molecule has 6 nitrogen and oxygen atoms in total. The summed E-state index contributed by atoms with van der Waals surface area (Å²) in [5, 5.41) is 2.71. The molecule has 0 saturated heterocycles. The molecule has 1 atom stereocenters. The summed E-state index contributed by atoms with van der Waals surface area (Å²) >= 11 is 0. The van der Waals surface area contributed by atoms with Crippen molar-refractivity contribution in [3.05, 3.63) is 59.2 Å². The summed E-state index contributed by atoms with van der Waals surface area (Å²) in [7, 11) is 1.22. The third-order valence-corrected chi connectivity index (χ3v) is 4.92. The van der Waals surface area contributed by atoms with Gasteiger partial charge in [0.25, 0.3) is 5.91 Å². The zero-order valence-corrected chi connectivity index (χ0v) is 17.1. The number of hydrogen-bond donors (Lipinski definition) is 1. The topological polar surface area (TPSA) is 75.7 Å². The first kappa shape index (κ1) is 22.3. The van der Waals surface area contributed by atoms with E-state index in [4.69, 9.17) is 0 Å². The number of hydrogen-bond acceptors (Lipinski definition) is 4. The van der Waals surface area contributed by atoms with E-state index in [1.807, 2.05) is 13.8 Å². The van der Waals surface area contributed by atoms with Crippen molar-refractivity contribution in [1.29, 1.82) is 0 Å². The Morgan fingerprint density at radius 3 is 2.26 bits per heavy atom. The van der Waals surface area contributed by atoms with E-state index in [0.717, 1.165) is 24.3 Å². The molecule has 0 aromatic heterocycles. The number of amides is 2. The van der Waals surface area contributed by atoms with Crippen molar-refractivity contribution in [1.82, 2.24) is 0 Å². The summed E-state index contributed by atoms with van der Waals surface area (Å²) in [4.78, 5) is 39.2. The lowest BCUT2D eigenvalue weighted by Gasteiger charge is -2.37. The highest BCUT2D eigenvalue weighted by atomic mass is 19.4. The van der Waals surface area contributed by atoms with Crippen LogP contribution in [0.1, 0.15) is 46.5 Å². The number of carbonyl (C=O) groups excluding carboxylic acids is 3. The average molecular weight is 434 g/mol. The fourth-order valence-corrected chi connectivity index (χ4v) is 3.44. The van der Waals surface area contributed by atoms with E-state index in [0.29, 0.717) is 12.1 Å². The Bertz CT molecular complexity index is 1020. The SMILES string of the molecule is COC(=O)c1ccc2c(c1)NC(=O)C(CC(C)C)N2C(=O)c1ccc(C(F)(F)F)cc1. The second kappa shape index (κ2) is 8.41. The fourth-order valence-electron chi connectivity index (χ4n) is 3.44. The van der Waals surface area contributed by atoms with Gasteiger partial charge in [-0.3, -0.25) is 14.5 Å². The molecule has 0 radical (unpaired) electrons. The highest BCUT2D eigenvalue weighted by Crippen LogP contribution is 2.36. The van der Waals surface area contributed by atoms with Crippen LogP contribution in [-0.4, -0.2) is 30.9 Å². The van der Waals surface area contributed by atoms with Crippen molar-refractivity contribution < 1.29 is 32.3 Å². The first-order valence-corrected chi connectivity index (χ1v) is 9.57. The van der Waals surface area contributed by atoms with E-state index in [-0.39, 0.29) is 22.7 Å². The van der Waals surface area contributed by atoms with Gasteiger partial charge in [0.1, 0.15) is 6.04 Å². The van der Waals surface area contributed by atoms with Gasteiger partial charge >= 0.3 is 12.1 Å². The summed E-state index contributed by atoms with van der Waals surface area (Å²) in [5.74, 6) is -1.60. The molecule has 9 heteroatoms. The van der Waals surface area contributed by atoms with Gasteiger partial charge in [-0.05, 0) is 54.8 Å². The Balaban J connectivity index is 2.06. The molecule has 0 saturated carbocycles. The largest absolute Gasteiger partial charge is 0.465 e. The molecule has 1 aliphatic rings. The summed E-state index contributed by atoms with van der Waals surface area (Å²) < 4.78 is 43.3. The molecule has 1 N–H and O–H groups in total. The number of ether oxygens (including phenoxy) is 1. The number of methoxy groups -OCH3 is 1. The van der Waals surface area contributed by atoms with Gasteiger partial charge in [0.2, 0.25) is 5.91 Å². The van der Waals surface area contributed by atoms with Gasteiger partial charge in [-0.1, -0.05) is 13.8 Å². The second-order valence-electron chi connectivity index (χ2n) is 7.61. The molecule has 3 rings (SSSR count). The van der Waals surface area contributed by atoms with E-state index in [1.165, 1.54) is 30.2 Å². The maximum Gasteiger partial charge on any atom is 0.416 e. The minimum atomic E-state index is -4.52. The third-order valence-electron chi connectivity index (χ3n) is 4.92. The van der Waals surface area contributed by atoms with Crippen LogP contribution in [0.3, 0.4) is 0 Å². The smallest absolute Gasteiger partial charge is 0.416 e. The Kier molecular flexibility index (Phi) is 6.06. The predicted molar refractivity (Wildman–Crippen MR) is 108 cm³/mol. The maximum absolute atomic E-state index is 13.3. The molecule has 1 unspecified atom stereocenters. The number of fused-ring (bicyclic) bond motifs is 1. The summed E-state index contributed by atoms with van der Waals surface area (Å²) in [5.41, 5.74) is -0.0801. The van der Waals surface area contributed by atoms with Gasteiger partial charge in [-0.15, -0.1) is 0 Å². The van der Waals surface area contributed by atoms with Crippen molar-refractivity contribution in [2.75, 3.05) is 17.3 Å². The zero-order valence-electron chi connectivity index (χ0n) is 17.1. The number of anilines is 2. The highest BCUT2D eigenvalue weighted by molar-refractivity contribution is 6.17. The lowest BCUT2D eigenvalue weighted by atomic mass is 9.96. The molecule has 2 amide bonds. The molecule has 0 spiro atoms. The number of esters is 1. The molecular weight excluding hydrogens is 413 g/mol. The quantitative estimate of drug-likeness (QED) is 0.719. The maximum atomic E-state index is 13.3. The van der Waals surface area contributed by atoms with Crippen LogP contribution < -0.4 is 10.2 Å². The minimum Gasteiger partial charge on any atom is -0.465 e. The summed E-state index contributed by atoms with van der Waals surface area (Å²) in [6.45, 7) is 3.79. The number of nitrogens with one attached hydrogen (secondary N) is 1. The van der Waals surface area contributed by atoms with Crippen molar-refractivity contribution in [2.45, 2.75) is 32.5 Å². The van der Waals surface area contributed by atoms with Crippen molar-refractivity contribution in [2.24, 2.45) is 5.92 Å². The van der Waals surface area contributed by atoms with Crippen LogP contribution in [0.5, 0.6) is 0 Å². The standard InChI is InChI=1S/C22H21F3N2O4/c1-12(2)10-18-19(28)26-16-11-14(21(30)31-3)6-9-17(16)27(18)20(29)13-4-7-15(8-5-13)22(23,24)25/h4-9,11-12,18H,10H2,1-3H3,(H,26,28). The summed E-state index contributed by atoms with van der Waals surface area (Å²) in [6.07, 6.45) is -4.18. The molecule has 1 heterocycles. The van der Waals surface area contributed by atoms with E-state index in [1.54, 1.807) is 0 Å². The Labute approximate surface area is 177 Å². The number of benzene rings is 2. The minimum absolute atomic E-state index is 0.0134. The van der Waals surface area contributed by atoms with Crippen LogP contribution in [0.4, 0.5) is 24.5 Å². The molecule has 0 aliphatic carbocycles. The van der Waals surface area contributed by atoms with Gasteiger partial charge in [-0.25, -0.2) is 4.79 Å². The monoisotopic (exact) mass is 434 g/mol. The first-order valence-electron chi connectivity index (χ1n) is 9.57. The zero-order chi connectivity index (χ0) is 22.9. The van der Waals surface area contributed by atoms with Crippen LogP contribution in [0.2, 0.25) is 0 Å². The highest BCUT2D eigenvalue weighted by Gasteiger charge is 2.38. The van der Waals surface area contributed by atoms with Crippen molar-refractivity contribution >= 4 is 29.2 Å². The van der Waals surface area contributed by atoms with E-state index < -0.39 is 35.6 Å². The van der Waals surface area contributed by atoms with Crippen LogP contribution in [0.25, 0.3) is 0 Å². The van der Waals surface area contributed by atoms with Gasteiger partial charge in [0, 0.05) is 5.56 Å². The van der Waals surface area contributed by atoms with Crippen molar-refractivity contribution in [3.63, 3.8) is 0 Å². The predicted octanol–water partition coefficient (Wildman–Crippen LogP) is 4.51. The molecule has 2 aromatic carbocycles. The third kappa shape index (κ3) is 4.55. The van der Waals surface area contributed by atoms with E-state index in [2.05, 4.69) is 10.1 Å². The van der Waals surface area contributed by atoms with Gasteiger partial charge < -0.3 is 10.1 Å². The number of halogens is 3. The molecule has 164 valence electrons. The van der Waals surface area contributed by atoms with Crippen LogP contribution in [0, 0.1) is 5.92 Å². The molecule has 0 fully saturated rings. The normalized spacial score (nSPS) is 16.0. The molecule has 2 aromatic rings. The fraction of sp³-hybridized carbons (Fsp3) is 0.318. The van der Waals surface area contributed by atoms with Gasteiger partial charge in [0.15, 0.2) is 0 Å². The Morgan fingerprint density at radius 2 is 1.71 bits per heavy atom. The van der Waals surface area contributed by atoms with Crippen LogP contribution in [0.15, 0.2) is 42.5 Å². The lowest BCUT2D eigenvalue weighted by Crippen LogP contribution is -2.51. The lowest BCUT2D eigenvalue weighted by molar-refractivity contribution is -0.137. The average Bonchev–Trinajstić information content (AvgIpc) is 2.72. The van der Waals surface area contributed by atoms with Gasteiger partial charge in [0.05, 0.1) is 29.6 Å². The molecule has 0 bridgehead atoms. The first-order chi connectivity index (χ1) is 14.5. The number of alkyl halides is 3. The second-order valence-corrected chi connectivity index (χ2v) is 7.61. The van der Waals surface area contributed by atoms with Crippen LogP contribution in [-0.2, 0) is 15.7 Å². The number of rotatable bonds is 4. The number of carbonyl (C=O) groups is 3. The van der Waals surface area contributed by atoms with Gasteiger partial charge in [-0.2, -0.15) is 13.2 Å². The Hall–Kier alpha value is -3.36. The Morgan fingerprint density at radius 1 is 1.10 bits per heavy atom. The van der Waals surface area contributed by atoms with E-state index >= 15 is 0 Å². The number of nitrogens with zero attached hydrogens (tertiary/aromatic N) is 1. The molecule has 1 aliphatic heterocycles. The van der Waals surface area contributed by atoms with E-state index in [9.17, 15) is 27.6 Å². The molecular formula is C22H21F3N2O4.